The molecule has 1 nitrogen and oxygen atoms in total. The van der Waals surface area contributed by atoms with Gasteiger partial charge in [0.15, 0.2) is 0 Å². The highest BCUT2D eigenvalue weighted by molar-refractivity contribution is 9.09. The fourth-order valence-corrected chi connectivity index (χ4v) is 1.72. The van der Waals surface area contributed by atoms with Gasteiger partial charge in [-0.15, -0.1) is 15.9 Å². The lowest BCUT2D eigenvalue weighted by molar-refractivity contribution is 0.555. The number of fused-ring (bicyclic) bond motifs is 1. The molecule has 0 spiro atoms. The fraction of sp³-hybridized carbons (Fsp3) is 0.0833. The van der Waals surface area contributed by atoms with E-state index in [-0.39, 0.29) is 4.83 Å². The lowest BCUT2D eigenvalue weighted by atomic mass is 10.1. The minimum atomic E-state index is -0.327. The summed E-state index contributed by atoms with van der Waals surface area (Å²) < 4.78 is 0. The Bertz CT molecular complexity index is 465. The lowest BCUT2D eigenvalue weighted by Crippen LogP contribution is -1.89. The Morgan fingerprint density at radius 2 is 1.79 bits per heavy atom. The van der Waals surface area contributed by atoms with E-state index in [0.717, 1.165) is 10.9 Å². The molecule has 2 aromatic carbocycles. The van der Waals surface area contributed by atoms with E-state index in [1.165, 1.54) is 5.39 Å². The summed E-state index contributed by atoms with van der Waals surface area (Å²) in [7, 11) is 0. The maximum atomic E-state index is 10.5. The minimum absolute atomic E-state index is 0.327. The Labute approximate surface area is 90.9 Å². The summed E-state index contributed by atoms with van der Waals surface area (Å²) in [5.41, 5.74) is 0.943. The molecule has 2 rings (SSSR count). The molecule has 70 valence electrons. The molecule has 0 aromatic heterocycles. The van der Waals surface area contributed by atoms with Crippen molar-refractivity contribution in [2.24, 2.45) is 0 Å². The van der Waals surface area contributed by atoms with Crippen LogP contribution in [0.25, 0.3) is 10.8 Å². The van der Waals surface area contributed by atoms with Crippen LogP contribution in [0.2, 0.25) is 0 Å². The lowest BCUT2D eigenvalue weighted by Gasteiger charge is -2.11. The summed E-state index contributed by atoms with van der Waals surface area (Å²) in [6.07, 6.45) is 1.91. The summed E-state index contributed by atoms with van der Waals surface area (Å²) >= 11 is 3.25. The monoisotopic (exact) mass is 247 g/mol. The molecule has 0 aliphatic rings. The van der Waals surface area contributed by atoms with Crippen molar-refractivity contribution < 1.29 is 4.79 Å². The molecule has 0 aliphatic heterocycles. The minimum Gasteiger partial charge on any atom is -0.540 e. The summed E-state index contributed by atoms with van der Waals surface area (Å²) in [5, 5.41) is 2.33. The van der Waals surface area contributed by atoms with Crippen LogP contribution in [0.4, 0.5) is 0 Å². The first kappa shape index (κ1) is 9.41. The molecular formula is C12H8BrO-. The summed E-state index contributed by atoms with van der Waals surface area (Å²) in [6.45, 7) is 0. The largest absolute Gasteiger partial charge is 0.540 e. The van der Waals surface area contributed by atoms with Gasteiger partial charge in [-0.3, -0.25) is 0 Å². The maximum Gasteiger partial charge on any atom is -0.0182 e. The van der Waals surface area contributed by atoms with Gasteiger partial charge in [0.05, 0.1) is 0 Å². The molecule has 0 saturated heterocycles. The zero-order valence-corrected chi connectivity index (χ0v) is 8.99. The van der Waals surface area contributed by atoms with Crippen LogP contribution in [0.15, 0.2) is 42.5 Å². The number of hydrogen-bond donors (Lipinski definition) is 0. The van der Waals surface area contributed by atoms with Crippen LogP contribution in [0.1, 0.15) is 10.4 Å². The van der Waals surface area contributed by atoms with Crippen LogP contribution >= 0.6 is 15.9 Å². The zero-order chi connectivity index (χ0) is 9.97. The average molecular weight is 248 g/mol. The molecule has 0 amide bonds. The first-order valence-electron chi connectivity index (χ1n) is 4.32. The smallest absolute Gasteiger partial charge is 0.0182 e. The Balaban J connectivity index is 2.56. The molecule has 0 aliphatic carbocycles. The first-order valence-corrected chi connectivity index (χ1v) is 5.23. The molecule has 0 fully saturated rings. The second-order valence-electron chi connectivity index (χ2n) is 3.09. The van der Waals surface area contributed by atoms with Crippen LogP contribution in [-0.4, -0.2) is 6.29 Å². The number of hydrogen-bond acceptors (Lipinski definition) is 1. The van der Waals surface area contributed by atoms with E-state index < -0.39 is 0 Å². The predicted octanol–water partition coefficient (Wildman–Crippen LogP) is 3.39. The van der Waals surface area contributed by atoms with E-state index >= 15 is 0 Å². The number of benzene rings is 2. The van der Waals surface area contributed by atoms with E-state index in [1.807, 2.05) is 48.8 Å². The van der Waals surface area contributed by atoms with Crippen molar-refractivity contribution in [3.05, 3.63) is 48.0 Å². The highest BCUT2D eigenvalue weighted by Crippen LogP contribution is 2.24. The van der Waals surface area contributed by atoms with Gasteiger partial charge in [-0.25, -0.2) is 6.29 Å². The van der Waals surface area contributed by atoms with Gasteiger partial charge in [-0.2, -0.15) is 0 Å². The standard InChI is InChI=1S/C12H8BrO/c13-12(8-14)11-6-5-9-3-1-2-4-10(9)7-11/h1-7,12H/q-1. The zero-order valence-electron chi connectivity index (χ0n) is 7.41. The van der Waals surface area contributed by atoms with Crippen LogP contribution < -0.4 is 0 Å². The topological polar surface area (TPSA) is 17.1 Å². The molecule has 2 aromatic rings. The van der Waals surface area contributed by atoms with Gasteiger partial charge in [0.1, 0.15) is 0 Å². The third kappa shape index (κ3) is 1.70. The highest BCUT2D eigenvalue weighted by Gasteiger charge is 1.97. The Kier molecular flexibility index (Phi) is 2.64. The quantitative estimate of drug-likeness (QED) is 0.588. The number of rotatable bonds is 2. The Hall–Kier alpha value is -1.15. The van der Waals surface area contributed by atoms with Gasteiger partial charge in [-0.1, -0.05) is 52.9 Å². The Morgan fingerprint density at radius 3 is 2.50 bits per heavy atom. The van der Waals surface area contributed by atoms with Crippen LogP contribution in [-0.2, 0) is 4.79 Å². The van der Waals surface area contributed by atoms with Gasteiger partial charge >= 0.3 is 0 Å². The third-order valence-corrected chi connectivity index (χ3v) is 2.89. The molecule has 0 radical (unpaired) electrons. The average Bonchev–Trinajstić information content (AvgIpc) is 2.27. The SMILES string of the molecule is O=[C-]C(Br)c1ccc2ccccc2c1. The molecule has 0 N–H and O–H groups in total. The van der Waals surface area contributed by atoms with Crippen LogP contribution in [0.3, 0.4) is 0 Å². The molecule has 2 heteroatoms. The van der Waals surface area contributed by atoms with Crippen LogP contribution in [0.5, 0.6) is 0 Å². The second-order valence-corrected chi connectivity index (χ2v) is 4.00. The van der Waals surface area contributed by atoms with Gasteiger partial charge in [0.25, 0.3) is 0 Å². The molecule has 0 saturated carbocycles. The normalized spacial score (nSPS) is 12.6. The first-order chi connectivity index (χ1) is 6.81. The molecular weight excluding hydrogens is 240 g/mol. The van der Waals surface area contributed by atoms with Crippen molar-refractivity contribution in [1.29, 1.82) is 0 Å². The Morgan fingerprint density at radius 1 is 1.07 bits per heavy atom. The fourth-order valence-electron chi connectivity index (χ4n) is 1.43. The van der Waals surface area contributed by atoms with E-state index in [4.69, 9.17) is 0 Å². The highest BCUT2D eigenvalue weighted by atomic mass is 79.9. The van der Waals surface area contributed by atoms with Gasteiger partial charge in [0.2, 0.25) is 0 Å². The molecule has 14 heavy (non-hydrogen) atoms. The van der Waals surface area contributed by atoms with Crippen molar-refractivity contribution in [3.8, 4) is 0 Å². The van der Waals surface area contributed by atoms with Crippen molar-refractivity contribution in [3.63, 3.8) is 0 Å². The van der Waals surface area contributed by atoms with E-state index in [0.29, 0.717) is 0 Å². The molecule has 0 heterocycles. The van der Waals surface area contributed by atoms with Crippen molar-refractivity contribution >= 4 is 33.0 Å². The third-order valence-electron chi connectivity index (χ3n) is 2.17. The van der Waals surface area contributed by atoms with E-state index in [2.05, 4.69) is 15.9 Å². The van der Waals surface area contributed by atoms with Crippen molar-refractivity contribution in [1.82, 2.24) is 0 Å². The second kappa shape index (κ2) is 3.93. The number of carbonyl (C=O) groups excluding carboxylic acids is 1. The molecule has 1 unspecified atom stereocenters. The summed E-state index contributed by atoms with van der Waals surface area (Å²) in [6, 6.07) is 14.0. The van der Waals surface area contributed by atoms with Crippen molar-refractivity contribution in [2.75, 3.05) is 0 Å². The molecule has 1 atom stereocenters. The summed E-state index contributed by atoms with van der Waals surface area (Å²) in [4.78, 5) is 10.1. The van der Waals surface area contributed by atoms with Gasteiger partial charge in [0, 0.05) is 0 Å². The van der Waals surface area contributed by atoms with Crippen molar-refractivity contribution in [2.45, 2.75) is 4.83 Å². The summed E-state index contributed by atoms with van der Waals surface area (Å²) in [5.74, 6) is 0. The molecule has 0 bridgehead atoms. The number of alkyl halides is 1. The van der Waals surface area contributed by atoms with Gasteiger partial charge in [-0.05, 0) is 10.8 Å². The predicted molar refractivity (Wildman–Crippen MR) is 61.3 cm³/mol. The maximum absolute atomic E-state index is 10.5. The number of halogens is 1. The van der Waals surface area contributed by atoms with Crippen LogP contribution in [0, 0.1) is 0 Å². The van der Waals surface area contributed by atoms with E-state index in [9.17, 15) is 4.79 Å². The van der Waals surface area contributed by atoms with Gasteiger partial charge < -0.3 is 4.79 Å². The van der Waals surface area contributed by atoms with E-state index in [1.54, 1.807) is 0 Å².